The van der Waals surface area contributed by atoms with Gasteiger partial charge in [0.2, 0.25) is 0 Å². The maximum Gasteiger partial charge on any atom is 0.0230 e. The van der Waals surface area contributed by atoms with Gasteiger partial charge in [0.1, 0.15) is 0 Å². The van der Waals surface area contributed by atoms with Gasteiger partial charge in [-0.25, -0.2) is 0 Å². The molecule has 1 aliphatic rings. The van der Waals surface area contributed by atoms with Gasteiger partial charge in [-0.15, -0.1) is 0 Å². The fraction of sp³-hybridized carbons (Fsp3) is 1.00. The van der Waals surface area contributed by atoms with E-state index in [1.165, 1.54) is 32.4 Å². The molecule has 0 amide bonds. The van der Waals surface area contributed by atoms with E-state index < -0.39 is 0 Å². The van der Waals surface area contributed by atoms with Gasteiger partial charge in [0.25, 0.3) is 0 Å². The van der Waals surface area contributed by atoms with Crippen molar-refractivity contribution in [2.75, 3.05) is 39.8 Å². The van der Waals surface area contributed by atoms with Gasteiger partial charge >= 0.3 is 0 Å². The third-order valence-corrected chi connectivity index (χ3v) is 3.01. The molecule has 1 heterocycles. The van der Waals surface area contributed by atoms with E-state index >= 15 is 0 Å². The molecular formula is C11H25N3. The highest BCUT2D eigenvalue weighted by atomic mass is 15.2. The highest BCUT2D eigenvalue weighted by molar-refractivity contribution is 4.77. The molecule has 3 heteroatoms. The first-order chi connectivity index (χ1) is 6.84. The summed E-state index contributed by atoms with van der Waals surface area (Å²) in [5.41, 5.74) is 0. The predicted molar refractivity (Wildman–Crippen MR) is 61.7 cm³/mol. The van der Waals surface area contributed by atoms with Crippen LogP contribution in [0.2, 0.25) is 0 Å². The van der Waals surface area contributed by atoms with Crippen LogP contribution in [0.15, 0.2) is 0 Å². The Morgan fingerprint density at radius 2 is 2.29 bits per heavy atom. The third kappa shape index (κ3) is 4.40. The molecule has 0 spiro atoms. The first-order valence-corrected chi connectivity index (χ1v) is 5.96. The van der Waals surface area contributed by atoms with Gasteiger partial charge in [-0.05, 0) is 33.0 Å². The monoisotopic (exact) mass is 199 g/mol. The lowest BCUT2D eigenvalue weighted by molar-refractivity contribution is 0.190. The summed E-state index contributed by atoms with van der Waals surface area (Å²) in [6.45, 7) is 8.08. The van der Waals surface area contributed by atoms with Crippen LogP contribution in [0, 0.1) is 0 Å². The quantitative estimate of drug-likeness (QED) is 0.616. The number of piperazine rings is 1. The van der Waals surface area contributed by atoms with Crippen molar-refractivity contribution >= 4 is 0 Å². The second kappa shape index (κ2) is 7.21. The molecule has 1 aliphatic heterocycles. The first-order valence-electron chi connectivity index (χ1n) is 5.96. The Hall–Kier alpha value is -0.120. The Kier molecular flexibility index (Phi) is 6.15. The Bertz CT molecular complexity index is 138. The van der Waals surface area contributed by atoms with E-state index in [1.54, 1.807) is 0 Å². The van der Waals surface area contributed by atoms with Crippen LogP contribution in [0.25, 0.3) is 0 Å². The average Bonchev–Trinajstić information content (AvgIpc) is 2.20. The van der Waals surface area contributed by atoms with Crippen LogP contribution in [0.3, 0.4) is 0 Å². The van der Waals surface area contributed by atoms with Crippen LogP contribution in [-0.2, 0) is 0 Å². The number of hydrogen-bond acceptors (Lipinski definition) is 3. The molecule has 0 radical (unpaired) electrons. The molecule has 2 N–H and O–H groups in total. The minimum atomic E-state index is 0.734. The molecular weight excluding hydrogens is 174 g/mol. The van der Waals surface area contributed by atoms with E-state index in [9.17, 15) is 0 Å². The molecule has 14 heavy (non-hydrogen) atoms. The molecule has 0 aliphatic carbocycles. The average molecular weight is 199 g/mol. The summed E-state index contributed by atoms with van der Waals surface area (Å²) in [7, 11) is 2.23. The molecule has 0 aromatic rings. The van der Waals surface area contributed by atoms with Gasteiger partial charge < -0.3 is 15.5 Å². The van der Waals surface area contributed by atoms with E-state index in [0.29, 0.717) is 0 Å². The number of hydrogen-bond donors (Lipinski definition) is 2. The summed E-state index contributed by atoms with van der Waals surface area (Å²) in [6, 6.07) is 0.734. The zero-order chi connectivity index (χ0) is 10.2. The second-order valence-corrected chi connectivity index (χ2v) is 4.23. The molecule has 0 aromatic heterocycles. The lowest BCUT2D eigenvalue weighted by Gasteiger charge is -2.33. The predicted octanol–water partition coefficient (Wildman–Crippen LogP) is 0.670. The Balaban J connectivity index is 1.99. The standard InChI is InChI=1S/C11H25N3/c1-3-4-6-12-7-5-11-10-13-8-9-14(11)2/h11-13H,3-10H2,1-2H3. The maximum absolute atomic E-state index is 3.50. The van der Waals surface area contributed by atoms with Crippen LogP contribution >= 0.6 is 0 Å². The zero-order valence-electron chi connectivity index (χ0n) is 9.68. The van der Waals surface area contributed by atoms with Crippen molar-refractivity contribution in [1.82, 2.24) is 15.5 Å². The van der Waals surface area contributed by atoms with E-state index in [4.69, 9.17) is 0 Å². The van der Waals surface area contributed by atoms with Crippen LogP contribution in [0.5, 0.6) is 0 Å². The lowest BCUT2D eigenvalue weighted by atomic mass is 10.1. The van der Waals surface area contributed by atoms with Gasteiger partial charge in [0.15, 0.2) is 0 Å². The summed E-state index contributed by atoms with van der Waals surface area (Å²) in [4.78, 5) is 2.47. The smallest absolute Gasteiger partial charge is 0.0230 e. The van der Waals surface area contributed by atoms with Crippen molar-refractivity contribution in [1.29, 1.82) is 0 Å². The van der Waals surface area contributed by atoms with Gasteiger partial charge in [-0.1, -0.05) is 13.3 Å². The van der Waals surface area contributed by atoms with Crippen LogP contribution < -0.4 is 10.6 Å². The highest BCUT2D eigenvalue weighted by Gasteiger charge is 2.17. The molecule has 1 saturated heterocycles. The molecule has 3 nitrogen and oxygen atoms in total. The summed E-state index contributed by atoms with van der Waals surface area (Å²) in [5, 5.41) is 6.95. The Labute approximate surface area is 88.2 Å². The first kappa shape index (κ1) is 12.0. The largest absolute Gasteiger partial charge is 0.317 e. The minimum absolute atomic E-state index is 0.734. The number of nitrogens with zero attached hydrogens (tertiary/aromatic N) is 1. The number of likely N-dealkylation sites (N-methyl/N-ethyl adjacent to an activating group) is 1. The van der Waals surface area contributed by atoms with Gasteiger partial charge in [0, 0.05) is 25.7 Å². The minimum Gasteiger partial charge on any atom is -0.317 e. The van der Waals surface area contributed by atoms with Gasteiger partial charge in [-0.3, -0.25) is 0 Å². The molecule has 1 fully saturated rings. The molecule has 1 unspecified atom stereocenters. The Morgan fingerprint density at radius 3 is 3.00 bits per heavy atom. The van der Waals surface area contributed by atoms with Gasteiger partial charge in [0.05, 0.1) is 0 Å². The lowest BCUT2D eigenvalue weighted by Crippen LogP contribution is -2.50. The third-order valence-electron chi connectivity index (χ3n) is 3.01. The second-order valence-electron chi connectivity index (χ2n) is 4.23. The summed E-state index contributed by atoms with van der Waals surface area (Å²) >= 11 is 0. The van der Waals surface area contributed by atoms with Crippen LogP contribution in [-0.4, -0.2) is 50.7 Å². The fourth-order valence-electron chi connectivity index (χ4n) is 1.88. The van der Waals surface area contributed by atoms with Gasteiger partial charge in [-0.2, -0.15) is 0 Å². The molecule has 0 bridgehead atoms. The maximum atomic E-state index is 3.50. The van der Waals surface area contributed by atoms with E-state index in [1.807, 2.05) is 0 Å². The van der Waals surface area contributed by atoms with Crippen molar-refractivity contribution in [3.05, 3.63) is 0 Å². The van der Waals surface area contributed by atoms with Crippen molar-refractivity contribution < 1.29 is 0 Å². The van der Waals surface area contributed by atoms with Crippen molar-refractivity contribution in [2.45, 2.75) is 32.2 Å². The van der Waals surface area contributed by atoms with E-state index in [0.717, 1.165) is 25.7 Å². The highest BCUT2D eigenvalue weighted by Crippen LogP contribution is 2.03. The number of rotatable bonds is 6. The number of unbranched alkanes of at least 4 members (excludes halogenated alkanes) is 1. The molecule has 84 valence electrons. The van der Waals surface area contributed by atoms with Crippen molar-refractivity contribution in [2.24, 2.45) is 0 Å². The zero-order valence-corrected chi connectivity index (χ0v) is 9.68. The molecule has 1 atom stereocenters. The van der Waals surface area contributed by atoms with Crippen molar-refractivity contribution in [3.63, 3.8) is 0 Å². The number of nitrogens with one attached hydrogen (secondary N) is 2. The molecule has 0 saturated carbocycles. The van der Waals surface area contributed by atoms with Crippen LogP contribution in [0.4, 0.5) is 0 Å². The normalized spacial score (nSPS) is 24.0. The Morgan fingerprint density at radius 1 is 1.43 bits per heavy atom. The SMILES string of the molecule is CCCCNCCC1CNCCN1C. The summed E-state index contributed by atoms with van der Waals surface area (Å²) < 4.78 is 0. The van der Waals surface area contributed by atoms with Crippen molar-refractivity contribution in [3.8, 4) is 0 Å². The van der Waals surface area contributed by atoms with E-state index in [2.05, 4.69) is 29.5 Å². The fourth-order valence-corrected chi connectivity index (χ4v) is 1.88. The van der Waals surface area contributed by atoms with Crippen LogP contribution in [0.1, 0.15) is 26.2 Å². The summed E-state index contributed by atoms with van der Waals surface area (Å²) in [5.74, 6) is 0. The molecule has 1 rings (SSSR count). The van der Waals surface area contributed by atoms with E-state index in [-0.39, 0.29) is 0 Å². The summed E-state index contributed by atoms with van der Waals surface area (Å²) in [6.07, 6.45) is 3.86. The topological polar surface area (TPSA) is 27.3 Å². The molecule has 0 aromatic carbocycles.